The zero-order valence-corrected chi connectivity index (χ0v) is 15.4. The molecule has 3 aromatic rings. The highest BCUT2D eigenvalue weighted by Gasteiger charge is 2.19. The average molecular weight is 367 g/mol. The largest absolute Gasteiger partial charge is 0.486 e. The molecule has 1 aliphatic heterocycles. The average Bonchev–Trinajstić information content (AvgIpc) is 3.33. The SMILES string of the molecule is CCCCc1nc(-c2cc(C(C)=O)[nH]n2)n(-c2ccc3c(c2)OCCO3)n1. The molecule has 0 radical (unpaired) electrons. The van der Waals surface area contributed by atoms with Gasteiger partial charge in [0, 0.05) is 19.4 Å². The van der Waals surface area contributed by atoms with Gasteiger partial charge in [-0.2, -0.15) is 10.2 Å². The van der Waals surface area contributed by atoms with Crippen LogP contribution in [0.3, 0.4) is 0 Å². The maximum atomic E-state index is 11.6. The molecule has 0 saturated heterocycles. The van der Waals surface area contributed by atoms with E-state index in [1.54, 1.807) is 10.7 Å². The summed E-state index contributed by atoms with van der Waals surface area (Å²) < 4.78 is 13.0. The van der Waals surface area contributed by atoms with Gasteiger partial charge in [0.1, 0.15) is 24.6 Å². The van der Waals surface area contributed by atoms with E-state index in [9.17, 15) is 4.79 Å². The number of rotatable bonds is 6. The molecule has 1 N–H and O–H groups in total. The van der Waals surface area contributed by atoms with E-state index in [1.165, 1.54) is 6.92 Å². The Morgan fingerprint density at radius 2 is 2.04 bits per heavy atom. The number of nitrogens with one attached hydrogen (secondary N) is 1. The molecule has 0 unspecified atom stereocenters. The highest BCUT2D eigenvalue weighted by molar-refractivity contribution is 5.92. The molecule has 27 heavy (non-hydrogen) atoms. The van der Waals surface area contributed by atoms with E-state index in [0.717, 1.165) is 36.5 Å². The number of unbranched alkanes of at least 4 members (excludes halogenated alkanes) is 1. The van der Waals surface area contributed by atoms with Gasteiger partial charge in [0.25, 0.3) is 0 Å². The summed E-state index contributed by atoms with van der Waals surface area (Å²) in [5.74, 6) is 2.65. The van der Waals surface area contributed by atoms with Gasteiger partial charge in [0.05, 0.1) is 5.69 Å². The van der Waals surface area contributed by atoms with Gasteiger partial charge in [-0.25, -0.2) is 9.67 Å². The quantitative estimate of drug-likeness (QED) is 0.673. The maximum Gasteiger partial charge on any atom is 0.183 e. The number of nitrogens with zero attached hydrogens (tertiary/aromatic N) is 4. The van der Waals surface area contributed by atoms with E-state index in [4.69, 9.17) is 9.47 Å². The third kappa shape index (κ3) is 3.42. The molecule has 0 atom stereocenters. The number of H-pyrrole nitrogens is 1. The van der Waals surface area contributed by atoms with Crippen LogP contribution in [-0.2, 0) is 6.42 Å². The van der Waals surface area contributed by atoms with Crippen molar-refractivity contribution in [1.82, 2.24) is 25.0 Å². The number of carbonyl (C=O) groups is 1. The number of fused-ring (bicyclic) bond motifs is 1. The van der Waals surface area contributed by atoms with Crippen molar-refractivity contribution in [3.05, 3.63) is 35.8 Å². The smallest absolute Gasteiger partial charge is 0.183 e. The molecule has 0 fully saturated rings. The Hall–Kier alpha value is -3.16. The van der Waals surface area contributed by atoms with Gasteiger partial charge in [-0.05, 0) is 24.6 Å². The van der Waals surface area contributed by atoms with Crippen LogP contribution in [0.25, 0.3) is 17.2 Å². The van der Waals surface area contributed by atoms with Crippen molar-refractivity contribution >= 4 is 5.78 Å². The van der Waals surface area contributed by atoms with Gasteiger partial charge in [-0.3, -0.25) is 9.89 Å². The molecule has 0 saturated carbocycles. The number of ether oxygens (including phenoxy) is 2. The normalized spacial score (nSPS) is 13.0. The molecule has 0 bridgehead atoms. The van der Waals surface area contributed by atoms with Gasteiger partial charge in [-0.15, -0.1) is 0 Å². The first-order valence-electron chi connectivity index (χ1n) is 9.08. The Bertz CT molecular complexity index is 976. The highest BCUT2D eigenvalue weighted by Crippen LogP contribution is 2.33. The van der Waals surface area contributed by atoms with Crippen LogP contribution in [0.1, 0.15) is 43.0 Å². The summed E-state index contributed by atoms with van der Waals surface area (Å²) in [6.45, 7) is 4.69. The fourth-order valence-corrected chi connectivity index (χ4v) is 2.92. The Kier molecular flexibility index (Phi) is 4.62. The van der Waals surface area contributed by atoms with Crippen LogP contribution in [0.5, 0.6) is 11.5 Å². The van der Waals surface area contributed by atoms with Gasteiger partial charge in [0.15, 0.2) is 28.9 Å². The number of aryl methyl sites for hydroxylation is 1. The summed E-state index contributed by atoms with van der Waals surface area (Å²) in [6, 6.07) is 7.36. The molecule has 2 aromatic heterocycles. The summed E-state index contributed by atoms with van der Waals surface area (Å²) in [5, 5.41) is 11.7. The Morgan fingerprint density at radius 3 is 2.78 bits per heavy atom. The Balaban J connectivity index is 1.78. The number of hydrogen-bond donors (Lipinski definition) is 1. The second-order valence-corrected chi connectivity index (χ2v) is 6.42. The van der Waals surface area contributed by atoms with Gasteiger partial charge in [0.2, 0.25) is 0 Å². The highest BCUT2D eigenvalue weighted by atomic mass is 16.6. The van der Waals surface area contributed by atoms with Gasteiger partial charge < -0.3 is 9.47 Å². The number of ketones is 1. The molecule has 0 amide bonds. The second kappa shape index (κ2) is 7.22. The predicted molar refractivity (Wildman–Crippen MR) is 98.5 cm³/mol. The molecule has 3 heterocycles. The molecule has 0 aliphatic carbocycles. The fourth-order valence-electron chi connectivity index (χ4n) is 2.92. The van der Waals surface area contributed by atoms with Crippen molar-refractivity contribution in [3.63, 3.8) is 0 Å². The molecule has 1 aromatic carbocycles. The van der Waals surface area contributed by atoms with Crippen LogP contribution in [0.4, 0.5) is 0 Å². The first-order valence-corrected chi connectivity index (χ1v) is 9.08. The zero-order chi connectivity index (χ0) is 18.8. The summed E-state index contributed by atoms with van der Waals surface area (Å²) >= 11 is 0. The van der Waals surface area contributed by atoms with Crippen molar-refractivity contribution in [3.8, 4) is 28.7 Å². The number of benzene rings is 1. The summed E-state index contributed by atoms with van der Waals surface area (Å²) in [5.41, 5.74) is 1.82. The molecule has 0 spiro atoms. The number of Topliss-reactive ketones (excluding diaryl/α,β-unsaturated/α-hetero) is 1. The lowest BCUT2D eigenvalue weighted by atomic mass is 10.2. The lowest BCUT2D eigenvalue weighted by Crippen LogP contribution is -2.15. The van der Waals surface area contributed by atoms with E-state index in [1.807, 2.05) is 18.2 Å². The van der Waals surface area contributed by atoms with Crippen LogP contribution in [0.15, 0.2) is 24.3 Å². The summed E-state index contributed by atoms with van der Waals surface area (Å²) in [6.07, 6.45) is 2.85. The van der Waals surface area contributed by atoms with Crippen molar-refractivity contribution in [2.45, 2.75) is 33.1 Å². The van der Waals surface area contributed by atoms with Crippen molar-refractivity contribution < 1.29 is 14.3 Å². The van der Waals surface area contributed by atoms with Crippen LogP contribution < -0.4 is 9.47 Å². The first-order chi connectivity index (χ1) is 13.2. The molecule has 1 aliphatic rings. The van der Waals surface area contributed by atoms with E-state index in [-0.39, 0.29) is 5.78 Å². The number of aromatic nitrogens is 5. The molecule has 140 valence electrons. The van der Waals surface area contributed by atoms with E-state index >= 15 is 0 Å². The topological polar surface area (TPSA) is 94.9 Å². The van der Waals surface area contributed by atoms with Crippen LogP contribution in [0, 0.1) is 0 Å². The van der Waals surface area contributed by atoms with Crippen molar-refractivity contribution in [2.24, 2.45) is 0 Å². The zero-order valence-electron chi connectivity index (χ0n) is 15.4. The minimum absolute atomic E-state index is 0.0784. The van der Waals surface area contributed by atoms with E-state index in [2.05, 4.69) is 27.2 Å². The molecule has 8 heteroatoms. The van der Waals surface area contributed by atoms with E-state index in [0.29, 0.717) is 36.2 Å². The van der Waals surface area contributed by atoms with Crippen molar-refractivity contribution in [2.75, 3.05) is 13.2 Å². The summed E-state index contributed by atoms with van der Waals surface area (Å²) in [4.78, 5) is 16.3. The van der Waals surface area contributed by atoms with Crippen LogP contribution in [0.2, 0.25) is 0 Å². The summed E-state index contributed by atoms with van der Waals surface area (Å²) in [7, 11) is 0. The van der Waals surface area contributed by atoms with Crippen LogP contribution in [-0.4, -0.2) is 44.0 Å². The van der Waals surface area contributed by atoms with E-state index < -0.39 is 0 Å². The Labute approximate surface area is 156 Å². The molecule has 4 rings (SSSR count). The molecular weight excluding hydrogens is 346 g/mol. The third-order valence-corrected chi connectivity index (χ3v) is 4.36. The molecular formula is C19H21N5O3. The number of aromatic amines is 1. The minimum atomic E-state index is -0.0784. The first kappa shape index (κ1) is 17.3. The number of hydrogen-bond acceptors (Lipinski definition) is 6. The van der Waals surface area contributed by atoms with Gasteiger partial charge in [-0.1, -0.05) is 13.3 Å². The molecule has 8 nitrogen and oxygen atoms in total. The van der Waals surface area contributed by atoms with Crippen LogP contribution >= 0.6 is 0 Å². The maximum absolute atomic E-state index is 11.6. The second-order valence-electron chi connectivity index (χ2n) is 6.42. The number of carbonyl (C=O) groups excluding carboxylic acids is 1. The third-order valence-electron chi connectivity index (χ3n) is 4.36. The lowest BCUT2D eigenvalue weighted by molar-refractivity contribution is 0.101. The van der Waals surface area contributed by atoms with Gasteiger partial charge >= 0.3 is 0 Å². The predicted octanol–water partition coefficient (Wildman–Crippen LogP) is 2.97. The minimum Gasteiger partial charge on any atom is -0.486 e. The van der Waals surface area contributed by atoms with Crippen molar-refractivity contribution in [1.29, 1.82) is 0 Å². The Morgan fingerprint density at radius 1 is 1.22 bits per heavy atom. The monoisotopic (exact) mass is 367 g/mol. The fraction of sp³-hybridized carbons (Fsp3) is 0.368. The lowest BCUT2D eigenvalue weighted by Gasteiger charge is -2.19. The standard InChI is InChI=1S/C19H21N5O3/c1-3-4-5-18-20-19(15-11-14(12(2)25)21-22-15)24(23-18)13-6-7-16-17(10-13)27-9-8-26-16/h6-7,10-11H,3-5,8-9H2,1-2H3,(H,21,22).